The third-order valence-corrected chi connectivity index (χ3v) is 2.59. The van der Waals surface area contributed by atoms with Crippen LogP contribution in [0.4, 0.5) is 0 Å². The predicted octanol–water partition coefficient (Wildman–Crippen LogP) is 1.92. The number of carbonyl (C=O) groups is 1. The summed E-state index contributed by atoms with van der Waals surface area (Å²) < 4.78 is 5.52. The smallest absolute Gasteiger partial charge is 0.257 e. The van der Waals surface area contributed by atoms with Crippen molar-refractivity contribution in [2.45, 2.75) is 33.2 Å². The van der Waals surface area contributed by atoms with Gasteiger partial charge in [-0.25, -0.2) is 0 Å². The molecule has 1 aromatic rings. The van der Waals surface area contributed by atoms with Crippen molar-refractivity contribution in [2.24, 2.45) is 5.73 Å². The number of rotatable bonds is 6. The van der Waals surface area contributed by atoms with Crippen LogP contribution in [0.2, 0.25) is 0 Å². The number of carbonyl (C=O) groups excluding carboxylic acids is 1. The van der Waals surface area contributed by atoms with Gasteiger partial charge in [-0.05, 0) is 26.3 Å². The molecule has 0 heterocycles. The van der Waals surface area contributed by atoms with Gasteiger partial charge in [-0.1, -0.05) is 24.6 Å². The Morgan fingerprint density at radius 1 is 1.50 bits per heavy atom. The quantitative estimate of drug-likeness (QED) is 0.810. The van der Waals surface area contributed by atoms with Crippen LogP contribution in [0.15, 0.2) is 18.2 Å². The van der Waals surface area contributed by atoms with Crippen molar-refractivity contribution in [3.8, 4) is 5.75 Å². The highest BCUT2D eigenvalue weighted by atomic mass is 16.5. The Kier molecular flexibility index (Phi) is 5.65. The molecule has 0 saturated carbocycles. The summed E-state index contributed by atoms with van der Waals surface area (Å²) in [6.07, 6.45) is 0.918. The topological polar surface area (TPSA) is 64.3 Å². The van der Waals surface area contributed by atoms with Crippen molar-refractivity contribution in [1.29, 1.82) is 0 Å². The maximum atomic E-state index is 11.5. The van der Waals surface area contributed by atoms with Gasteiger partial charge < -0.3 is 15.8 Å². The number of hydrogen-bond donors (Lipinski definition) is 2. The lowest BCUT2D eigenvalue weighted by atomic mass is 10.1. The molecule has 0 aliphatic carbocycles. The van der Waals surface area contributed by atoms with E-state index in [1.807, 2.05) is 39.0 Å². The molecular weight excluding hydrogens is 228 g/mol. The third kappa shape index (κ3) is 4.37. The van der Waals surface area contributed by atoms with Crippen molar-refractivity contribution >= 4 is 5.91 Å². The van der Waals surface area contributed by atoms with E-state index in [0.717, 1.165) is 17.5 Å². The molecule has 0 saturated heterocycles. The zero-order valence-corrected chi connectivity index (χ0v) is 11.3. The van der Waals surface area contributed by atoms with Crippen molar-refractivity contribution in [3.05, 3.63) is 29.3 Å². The number of aryl methyl sites for hydroxylation is 1. The molecule has 100 valence electrons. The fourth-order valence-electron chi connectivity index (χ4n) is 1.61. The summed E-state index contributed by atoms with van der Waals surface area (Å²) in [5.74, 6) is 0.579. The second-order valence-corrected chi connectivity index (χ2v) is 4.47. The highest BCUT2D eigenvalue weighted by Gasteiger charge is 2.10. The van der Waals surface area contributed by atoms with Crippen LogP contribution < -0.4 is 15.8 Å². The number of nitrogens with two attached hydrogens (primary N) is 1. The largest absolute Gasteiger partial charge is 0.483 e. The van der Waals surface area contributed by atoms with Gasteiger partial charge in [0.2, 0.25) is 0 Å². The summed E-state index contributed by atoms with van der Waals surface area (Å²) in [5.41, 5.74) is 7.95. The Balaban J connectivity index is 2.64. The molecule has 4 heteroatoms. The Morgan fingerprint density at radius 2 is 2.22 bits per heavy atom. The van der Waals surface area contributed by atoms with Gasteiger partial charge in [0, 0.05) is 18.2 Å². The Labute approximate surface area is 109 Å². The van der Waals surface area contributed by atoms with Crippen LogP contribution in [0.3, 0.4) is 0 Å². The fraction of sp³-hybridized carbons (Fsp3) is 0.500. The molecule has 1 amide bonds. The molecule has 0 fully saturated rings. The third-order valence-electron chi connectivity index (χ3n) is 2.59. The van der Waals surface area contributed by atoms with Gasteiger partial charge in [-0.3, -0.25) is 4.79 Å². The van der Waals surface area contributed by atoms with E-state index in [9.17, 15) is 4.79 Å². The summed E-state index contributed by atoms with van der Waals surface area (Å²) in [5, 5.41) is 2.77. The van der Waals surface area contributed by atoms with Gasteiger partial charge in [0.05, 0.1) is 0 Å². The molecular formula is C14H22N2O2. The second-order valence-electron chi connectivity index (χ2n) is 4.47. The first kappa shape index (κ1) is 14.5. The van der Waals surface area contributed by atoms with Crippen molar-refractivity contribution < 1.29 is 9.53 Å². The average molecular weight is 250 g/mol. The highest BCUT2D eigenvalue weighted by Crippen LogP contribution is 2.24. The number of benzene rings is 1. The van der Waals surface area contributed by atoms with Crippen molar-refractivity contribution in [1.82, 2.24) is 5.32 Å². The molecule has 0 bridgehead atoms. The van der Waals surface area contributed by atoms with E-state index < -0.39 is 0 Å². The van der Waals surface area contributed by atoms with E-state index >= 15 is 0 Å². The monoisotopic (exact) mass is 250 g/mol. The zero-order valence-electron chi connectivity index (χ0n) is 11.3. The molecule has 0 aliphatic heterocycles. The zero-order chi connectivity index (χ0) is 13.5. The fourth-order valence-corrected chi connectivity index (χ4v) is 1.61. The Bertz CT molecular complexity index is 403. The average Bonchev–Trinajstić information content (AvgIpc) is 2.34. The van der Waals surface area contributed by atoms with Crippen LogP contribution in [0.25, 0.3) is 0 Å². The molecule has 0 unspecified atom stereocenters. The van der Waals surface area contributed by atoms with Crippen LogP contribution in [-0.2, 0) is 4.79 Å². The van der Waals surface area contributed by atoms with Gasteiger partial charge in [0.15, 0.2) is 6.61 Å². The molecule has 4 nitrogen and oxygen atoms in total. The predicted molar refractivity (Wildman–Crippen MR) is 72.6 cm³/mol. The number of ether oxygens (including phenoxy) is 1. The molecule has 3 N–H and O–H groups in total. The van der Waals surface area contributed by atoms with Gasteiger partial charge in [0.1, 0.15) is 5.75 Å². The minimum absolute atomic E-state index is 0.0305. The molecule has 18 heavy (non-hydrogen) atoms. The van der Waals surface area contributed by atoms with Crippen molar-refractivity contribution in [3.63, 3.8) is 0 Å². The second kappa shape index (κ2) is 7.01. The molecule has 0 radical (unpaired) electrons. The summed E-state index contributed by atoms with van der Waals surface area (Å²) in [6, 6.07) is 5.69. The maximum absolute atomic E-state index is 11.5. The Hall–Kier alpha value is -1.55. The Morgan fingerprint density at radius 3 is 2.83 bits per heavy atom. The van der Waals surface area contributed by atoms with Crippen LogP contribution in [-0.4, -0.2) is 19.1 Å². The van der Waals surface area contributed by atoms with E-state index in [2.05, 4.69) is 5.32 Å². The van der Waals surface area contributed by atoms with Crippen LogP contribution in [0, 0.1) is 6.92 Å². The first-order valence-corrected chi connectivity index (χ1v) is 6.30. The van der Waals surface area contributed by atoms with Crippen molar-refractivity contribution in [2.75, 3.05) is 13.2 Å². The molecule has 1 atom stereocenters. The molecule has 1 rings (SSSR count). The standard InChI is InChI=1S/C14H22N2O2/c1-4-7-16-14(17)9-18-13-6-5-10(2)8-12(13)11(3)15/h5-6,8,11H,4,7,9,15H2,1-3H3,(H,16,17)/t11-/m1/s1. The minimum Gasteiger partial charge on any atom is -0.483 e. The van der Waals surface area contributed by atoms with E-state index in [4.69, 9.17) is 10.5 Å². The minimum atomic E-state index is -0.112. The lowest BCUT2D eigenvalue weighted by Crippen LogP contribution is -2.29. The van der Waals surface area contributed by atoms with Gasteiger partial charge in [-0.15, -0.1) is 0 Å². The van der Waals surface area contributed by atoms with Crippen LogP contribution in [0.5, 0.6) is 5.75 Å². The summed E-state index contributed by atoms with van der Waals surface area (Å²) in [4.78, 5) is 11.5. The van der Waals surface area contributed by atoms with E-state index in [1.54, 1.807) is 0 Å². The lowest BCUT2D eigenvalue weighted by molar-refractivity contribution is -0.123. The summed E-state index contributed by atoms with van der Waals surface area (Å²) in [6.45, 7) is 6.62. The summed E-state index contributed by atoms with van der Waals surface area (Å²) in [7, 11) is 0. The van der Waals surface area contributed by atoms with E-state index in [0.29, 0.717) is 12.3 Å². The molecule has 0 aliphatic rings. The maximum Gasteiger partial charge on any atom is 0.257 e. The van der Waals surface area contributed by atoms with E-state index in [-0.39, 0.29) is 18.6 Å². The molecule has 1 aromatic carbocycles. The molecule has 0 spiro atoms. The number of hydrogen-bond acceptors (Lipinski definition) is 3. The summed E-state index contributed by atoms with van der Waals surface area (Å²) >= 11 is 0. The highest BCUT2D eigenvalue weighted by molar-refractivity contribution is 5.77. The van der Waals surface area contributed by atoms with Crippen LogP contribution in [0.1, 0.15) is 37.4 Å². The number of amides is 1. The van der Waals surface area contributed by atoms with Gasteiger partial charge in [-0.2, -0.15) is 0 Å². The SMILES string of the molecule is CCCNC(=O)COc1ccc(C)cc1[C@@H](C)N. The van der Waals surface area contributed by atoms with Gasteiger partial charge in [0.25, 0.3) is 5.91 Å². The van der Waals surface area contributed by atoms with E-state index in [1.165, 1.54) is 0 Å². The lowest BCUT2D eigenvalue weighted by Gasteiger charge is -2.14. The van der Waals surface area contributed by atoms with Gasteiger partial charge >= 0.3 is 0 Å². The van der Waals surface area contributed by atoms with Crippen LogP contribution >= 0.6 is 0 Å². The normalized spacial score (nSPS) is 12.0. The molecule has 0 aromatic heterocycles. The first-order valence-electron chi connectivity index (χ1n) is 6.30. The first-order chi connectivity index (χ1) is 8.54. The number of nitrogens with one attached hydrogen (secondary N) is 1.